The summed E-state index contributed by atoms with van der Waals surface area (Å²) in [5.74, 6) is 1.47. The van der Waals surface area contributed by atoms with E-state index >= 15 is 0 Å². The predicted molar refractivity (Wildman–Crippen MR) is 167 cm³/mol. The number of nitrogens with zero attached hydrogens (tertiary/aromatic N) is 4. The molecule has 0 saturated carbocycles. The lowest BCUT2D eigenvalue weighted by atomic mass is 10.1. The van der Waals surface area contributed by atoms with E-state index in [1.54, 1.807) is 16.9 Å². The van der Waals surface area contributed by atoms with E-state index in [1.165, 1.54) is 0 Å². The van der Waals surface area contributed by atoms with Gasteiger partial charge in [-0.05, 0) is 43.7 Å². The van der Waals surface area contributed by atoms with Crippen LogP contribution in [0, 0.1) is 6.92 Å². The van der Waals surface area contributed by atoms with Gasteiger partial charge < -0.3 is 15.8 Å². The molecule has 4 N–H and O–H groups in total. The number of urea groups is 1. The minimum atomic E-state index is -0.365. The molecule has 1 atom stereocenters. The van der Waals surface area contributed by atoms with Crippen molar-refractivity contribution in [3.05, 3.63) is 95.9 Å². The fourth-order valence-corrected chi connectivity index (χ4v) is 5.27. The molecule has 1 unspecified atom stereocenters. The van der Waals surface area contributed by atoms with Crippen molar-refractivity contribution >= 4 is 56.8 Å². The number of fused-ring (bicyclic) bond motifs is 1. The number of nitrogens with one attached hydrogen (secondary N) is 2. The number of benzene rings is 3. The van der Waals surface area contributed by atoms with E-state index < -0.39 is 0 Å². The second-order valence-corrected chi connectivity index (χ2v) is 10.9. The Labute approximate surface area is 246 Å². The zero-order valence-electron chi connectivity index (χ0n) is 22.3. The lowest BCUT2D eigenvalue weighted by Gasteiger charge is -2.14. The molecule has 3 aromatic carbocycles. The van der Waals surface area contributed by atoms with Crippen LogP contribution in [0.25, 0.3) is 16.5 Å². The molecular weight excluding hydrogens is 617 g/mol. The highest BCUT2D eigenvalue weighted by atomic mass is 127. The highest BCUT2D eigenvalue weighted by Gasteiger charge is 2.18. The standard InChI is InChI=1S/C30H30IN7O2/c1-3-6-24(31)26-17-28(38(37-26)21-11-9-19(2)10-12-21)36-30(39)35-25-13-14-27(23-8-5-4-7-22(23)25)40-18-20-15-16-33-29(32)34-20/h4-5,7-17,24H,3,6,18H2,1-2H3,(H2,32,33,34)(H2,35,36,39). The average Bonchev–Trinajstić information content (AvgIpc) is 3.37. The van der Waals surface area contributed by atoms with E-state index in [0.717, 1.165) is 40.6 Å². The quantitative estimate of drug-likeness (QED) is 0.115. The number of nitrogens with two attached hydrogens (primary N) is 1. The number of nitrogen functional groups attached to an aromatic ring is 1. The molecule has 0 spiro atoms. The summed E-state index contributed by atoms with van der Waals surface area (Å²) in [4.78, 5) is 21.4. The number of aromatic nitrogens is 4. The number of carbonyl (C=O) groups is 1. The van der Waals surface area contributed by atoms with Crippen LogP contribution in [0.4, 0.5) is 22.2 Å². The average molecular weight is 648 g/mol. The lowest BCUT2D eigenvalue weighted by molar-refractivity contribution is 0.262. The predicted octanol–water partition coefficient (Wildman–Crippen LogP) is 7.21. The minimum absolute atomic E-state index is 0.201. The highest BCUT2D eigenvalue weighted by molar-refractivity contribution is 14.1. The van der Waals surface area contributed by atoms with Crippen molar-refractivity contribution in [1.82, 2.24) is 19.7 Å². The summed E-state index contributed by atoms with van der Waals surface area (Å²) >= 11 is 2.41. The van der Waals surface area contributed by atoms with Gasteiger partial charge in [0.1, 0.15) is 18.2 Å². The monoisotopic (exact) mass is 647 g/mol. The van der Waals surface area contributed by atoms with E-state index in [2.05, 4.69) is 50.1 Å². The molecular formula is C30H30IN7O2. The van der Waals surface area contributed by atoms with Gasteiger partial charge in [0, 0.05) is 23.0 Å². The van der Waals surface area contributed by atoms with Crippen molar-refractivity contribution in [2.75, 3.05) is 16.4 Å². The van der Waals surface area contributed by atoms with E-state index in [0.29, 0.717) is 22.9 Å². The summed E-state index contributed by atoms with van der Waals surface area (Å²) in [7, 11) is 0. The summed E-state index contributed by atoms with van der Waals surface area (Å²) in [6.07, 6.45) is 3.65. The zero-order valence-corrected chi connectivity index (χ0v) is 24.4. The summed E-state index contributed by atoms with van der Waals surface area (Å²) in [5, 5.41) is 12.6. The third-order valence-corrected chi connectivity index (χ3v) is 7.61. The van der Waals surface area contributed by atoms with Crippen molar-refractivity contribution < 1.29 is 9.53 Å². The van der Waals surface area contributed by atoms with Gasteiger partial charge in [0.05, 0.1) is 26.7 Å². The fourth-order valence-electron chi connectivity index (χ4n) is 4.35. The molecule has 40 heavy (non-hydrogen) atoms. The first-order chi connectivity index (χ1) is 19.4. The summed E-state index contributed by atoms with van der Waals surface area (Å²) in [6, 6.07) is 22.8. The van der Waals surface area contributed by atoms with Crippen LogP contribution in [0.3, 0.4) is 0 Å². The number of ether oxygens (including phenoxy) is 1. The lowest BCUT2D eigenvalue weighted by Crippen LogP contribution is -2.21. The molecule has 10 heteroatoms. The van der Waals surface area contributed by atoms with Gasteiger partial charge in [-0.1, -0.05) is 77.9 Å². The first-order valence-electron chi connectivity index (χ1n) is 13.0. The van der Waals surface area contributed by atoms with Crippen molar-refractivity contribution in [2.24, 2.45) is 0 Å². The van der Waals surface area contributed by atoms with Gasteiger partial charge in [-0.3, -0.25) is 5.32 Å². The molecule has 5 rings (SSSR count). The molecule has 0 radical (unpaired) electrons. The van der Waals surface area contributed by atoms with Gasteiger partial charge in [0.15, 0.2) is 0 Å². The largest absolute Gasteiger partial charge is 0.487 e. The van der Waals surface area contributed by atoms with Gasteiger partial charge in [-0.25, -0.2) is 19.4 Å². The Bertz CT molecular complexity index is 1640. The second kappa shape index (κ2) is 12.3. The smallest absolute Gasteiger partial charge is 0.324 e. The number of halogens is 1. The first kappa shape index (κ1) is 27.4. The maximum absolute atomic E-state index is 13.3. The van der Waals surface area contributed by atoms with Crippen LogP contribution in [0.5, 0.6) is 5.75 Å². The summed E-state index contributed by atoms with van der Waals surface area (Å²) in [5.41, 5.74) is 9.98. The highest BCUT2D eigenvalue weighted by Crippen LogP contribution is 2.33. The van der Waals surface area contributed by atoms with Crippen molar-refractivity contribution in [2.45, 2.75) is 37.2 Å². The van der Waals surface area contributed by atoms with Crippen LogP contribution in [-0.4, -0.2) is 25.8 Å². The molecule has 0 aliphatic carbocycles. The summed E-state index contributed by atoms with van der Waals surface area (Å²) in [6.45, 7) is 4.44. The molecule has 0 aliphatic rings. The second-order valence-electron chi connectivity index (χ2n) is 9.39. The van der Waals surface area contributed by atoms with Crippen LogP contribution < -0.4 is 21.1 Å². The normalized spacial score (nSPS) is 11.8. The molecule has 204 valence electrons. The van der Waals surface area contributed by atoms with Gasteiger partial charge in [0.2, 0.25) is 5.95 Å². The summed E-state index contributed by atoms with van der Waals surface area (Å²) < 4.78 is 8.07. The number of carbonyl (C=O) groups excluding carboxylic acids is 1. The fraction of sp³-hybridized carbons (Fsp3) is 0.200. The Morgan fingerprint density at radius 3 is 2.58 bits per heavy atom. The Balaban J connectivity index is 1.38. The maximum atomic E-state index is 13.3. The Kier molecular flexibility index (Phi) is 8.44. The Morgan fingerprint density at radius 2 is 1.82 bits per heavy atom. The molecule has 9 nitrogen and oxygen atoms in total. The molecule has 0 bridgehead atoms. The Hall–Kier alpha value is -4.19. The number of alkyl halides is 1. The molecule has 0 aliphatic heterocycles. The number of anilines is 3. The zero-order chi connectivity index (χ0) is 28.1. The van der Waals surface area contributed by atoms with Gasteiger partial charge in [-0.2, -0.15) is 5.10 Å². The van der Waals surface area contributed by atoms with Crippen LogP contribution in [-0.2, 0) is 6.61 Å². The van der Waals surface area contributed by atoms with Gasteiger partial charge in [0.25, 0.3) is 0 Å². The van der Waals surface area contributed by atoms with Crippen LogP contribution in [0.1, 0.15) is 40.6 Å². The third kappa shape index (κ3) is 6.33. The molecule has 5 aromatic rings. The van der Waals surface area contributed by atoms with Gasteiger partial charge in [-0.15, -0.1) is 0 Å². The van der Waals surface area contributed by atoms with Crippen molar-refractivity contribution in [3.8, 4) is 11.4 Å². The van der Waals surface area contributed by atoms with Crippen molar-refractivity contribution in [3.63, 3.8) is 0 Å². The topological polar surface area (TPSA) is 120 Å². The first-order valence-corrected chi connectivity index (χ1v) is 14.3. The van der Waals surface area contributed by atoms with E-state index in [9.17, 15) is 4.79 Å². The Morgan fingerprint density at radius 1 is 1.05 bits per heavy atom. The van der Waals surface area contributed by atoms with E-state index in [4.69, 9.17) is 15.6 Å². The number of rotatable bonds is 9. The number of amides is 2. The molecule has 2 amide bonds. The van der Waals surface area contributed by atoms with Crippen LogP contribution in [0.2, 0.25) is 0 Å². The molecule has 0 fully saturated rings. The van der Waals surface area contributed by atoms with Gasteiger partial charge >= 0.3 is 6.03 Å². The molecule has 0 saturated heterocycles. The van der Waals surface area contributed by atoms with Crippen LogP contribution >= 0.6 is 22.6 Å². The minimum Gasteiger partial charge on any atom is -0.487 e. The van der Waals surface area contributed by atoms with Crippen LogP contribution in [0.15, 0.2) is 79.0 Å². The maximum Gasteiger partial charge on any atom is 0.324 e. The van der Waals surface area contributed by atoms with Crippen molar-refractivity contribution in [1.29, 1.82) is 0 Å². The van der Waals surface area contributed by atoms with E-state index in [-0.39, 0.29) is 22.5 Å². The van der Waals surface area contributed by atoms with E-state index in [1.807, 2.05) is 73.7 Å². The SMILES string of the molecule is CCCC(I)c1cc(NC(=O)Nc2ccc(OCc3ccnc(N)n3)c3ccccc23)n(-c2ccc(C)cc2)n1. The number of hydrogen-bond donors (Lipinski definition) is 3. The molecule has 2 heterocycles. The molecule has 2 aromatic heterocycles. The third-order valence-electron chi connectivity index (χ3n) is 6.35. The number of hydrogen-bond acceptors (Lipinski definition) is 6. The number of aryl methyl sites for hydroxylation is 1.